The molecule has 1 atom stereocenters. The van der Waals surface area contributed by atoms with Crippen LogP contribution in [0.3, 0.4) is 0 Å². The van der Waals surface area contributed by atoms with Gasteiger partial charge in [-0.1, -0.05) is 0 Å². The Morgan fingerprint density at radius 2 is 2.25 bits per heavy atom. The molecule has 0 saturated heterocycles. The summed E-state index contributed by atoms with van der Waals surface area (Å²) in [5.74, 6) is 0.470. The topological polar surface area (TPSA) is 48.1 Å². The van der Waals surface area contributed by atoms with Gasteiger partial charge in [-0.2, -0.15) is 10.2 Å². The molecule has 1 aliphatic rings. The highest BCUT2D eigenvalue weighted by Crippen LogP contribution is 2.18. The molecule has 20 heavy (non-hydrogen) atoms. The van der Waals surface area contributed by atoms with E-state index in [2.05, 4.69) is 32.0 Å². The third-order valence-corrected chi connectivity index (χ3v) is 3.70. The number of rotatable bonds is 4. The van der Waals surface area contributed by atoms with Crippen LogP contribution in [0.15, 0.2) is 24.7 Å². The predicted octanol–water partition coefficient (Wildman–Crippen LogP) is 0.895. The molecule has 2 aromatic heterocycles. The Bertz CT molecular complexity index is 561. The lowest BCUT2D eigenvalue weighted by Crippen LogP contribution is -2.29. The van der Waals surface area contributed by atoms with Crippen LogP contribution in [0.1, 0.15) is 11.3 Å². The minimum atomic E-state index is 0.470. The zero-order valence-corrected chi connectivity index (χ0v) is 12.1. The summed E-state index contributed by atoms with van der Waals surface area (Å²) in [5, 5.41) is 8.66. The maximum absolute atomic E-state index is 5.35. The first-order chi connectivity index (χ1) is 9.74. The van der Waals surface area contributed by atoms with Crippen LogP contribution < -0.4 is 0 Å². The van der Waals surface area contributed by atoms with E-state index in [1.807, 2.05) is 24.1 Å². The molecule has 3 rings (SSSR count). The molecule has 0 aliphatic carbocycles. The second-order valence-electron chi connectivity index (χ2n) is 5.52. The Kier molecular flexibility index (Phi) is 3.84. The standard InChI is InChI=1S/C14H21N5O/c1-17-6-12(5-16-17)7-18-8-13(11-20-2)9-19-14(10-18)3-4-15-19/h3-6,13H,7-11H2,1-2H3/t13-/m1/s1. The summed E-state index contributed by atoms with van der Waals surface area (Å²) in [6.45, 7) is 4.56. The lowest BCUT2D eigenvalue weighted by Gasteiger charge is -2.22. The van der Waals surface area contributed by atoms with Crippen LogP contribution in [0, 0.1) is 5.92 Å². The first kappa shape index (κ1) is 13.3. The van der Waals surface area contributed by atoms with Gasteiger partial charge >= 0.3 is 0 Å². The highest BCUT2D eigenvalue weighted by atomic mass is 16.5. The Labute approximate surface area is 118 Å². The Hall–Kier alpha value is -1.66. The highest BCUT2D eigenvalue weighted by molar-refractivity contribution is 5.06. The fourth-order valence-electron chi connectivity index (χ4n) is 2.89. The molecule has 0 radical (unpaired) electrons. The van der Waals surface area contributed by atoms with Crippen molar-refractivity contribution in [2.75, 3.05) is 20.3 Å². The summed E-state index contributed by atoms with van der Waals surface area (Å²) in [5.41, 5.74) is 2.52. The van der Waals surface area contributed by atoms with Crippen molar-refractivity contribution < 1.29 is 4.74 Å². The van der Waals surface area contributed by atoms with Crippen LogP contribution in [0.4, 0.5) is 0 Å². The van der Waals surface area contributed by atoms with Gasteiger partial charge in [-0.25, -0.2) is 0 Å². The fourth-order valence-corrected chi connectivity index (χ4v) is 2.89. The molecule has 6 heteroatoms. The molecule has 0 aromatic carbocycles. The van der Waals surface area contributed by atoms with Crippen molar-refractivity contribution in [3.63, 3.8) is 0 Å². The number of aromatic nitrogens is 4. The molecular formula is C14H21N5O. The number of nitrogens with zero attached hydrogens (tertiary/aromatic N) is 5. The molecule has 0 unspecified atom stereocenters. The van der Waals surface area contributed by atoms with Crippen molar-refractivity contribution in [2.45, 2.75) is 19.6 Å². The normalized spacial score (nSPS) is 19.8. The van der Waals surface area contributed by atoms with Gasteiger partial charge in [-0.15, -0.1) is 0 Å². The van der Waals surface area contributed by atoms with Crippen molar-refractivity contribution in [3.8, 4) is 0 Å². The van der Waals surface area contributed by atoms with Crippen molar-refractivity contribution in [1.29, 1.82) is 0 Å². The molecule has 0 saturated carbocycles. The SMILES string of the molecule is COC[C@@H]1CN(Cc2cnn(C)c2)Cc2ccnn2C1. The summed E-state index contributed by atoms with van der Waals surface area (Å²) in [7, 11) is 3.72. The Morgan fingerprint density at radius 3 is 3.00 bits per heavy atom. The number of fused-ring (bicyclic) bond motifs is 1. The van der Waals surface area contributed by atoms with E-state index in [1.165, 1.54) is 11.3 Å². The van der Waals surface area contributed by atoms with Crippen LogP contribution in [0.5, 0.6) is 0 Å². The van der Waals surface area contributed by atoms with Crippen LogP contribution >= 0.6 is 0 Å². The van der Waals surface area contributed by atoms with Gasteiger partial charge in [0, 0.05) is 64.2 Å². The average Bonchev–Trinajstić information content (AvgIpc) is 2.96. The third kappa shape index (κ3) is 2.91. The second kappa shape index (κ2) is 5.76. The van der Waals surface area contributed by atoms with E-state index in [9.17, 15) is 0 Å². The van der Waals surface area contributed by atoms with Gasteiger partial charge in [-0.05, 0) is 6.07 Å². The van der Waals surface area contributed by atoms with Crippen molar-refractivity contribution in [3.05, 3.63) is 35.9 Å². The molecular weight excluding hydrogens is 254 g/mol. The van der Waals surface area contributed by atoms with Gasteiger partial charge in [0.15, 0.2) is 0 Å². The first-order valence-corrected chi connectivity index (χ1v) is 6.94. The van der Waals surface area contributed by atoms with E-state index in [4.69, 9.17) is 4.74 Å². The smallest absolute Gasteiger partial charge is 0.0534 e. The van der Waals surface area contributed by atoms with Gasteiger partial charge in [0.1, 0.15) is 0 Å². The molecule has 6 nitrogen and oxygen atoms in total. The van der Waals surface area contributed by atoms with E-state index in [0.717, 1.165) is 32.8 Å². The number of hydrogen-bond acceptors (Lipinski definition) is 4. The Balaban J connectivity index is 1.76. The summed E-state index contributed by atoms with van der Waals surface area (Å²) < 4.78 is 9.30. The molecule has 0 fully saturated rings. The zero-order chi connectivity index (χ0) is 13.9. The van der Waals surface area contributed by atoms with Crippen LogP contribution in [-0.2, 0) is 31.4 Å². The van der Waals surface area contributed by atoms with E-state index in [-0.39, 0.29) is 0 Å². The van der Waals surface area contributed by atoms with Gasteiger partial charge in [0.25, 0.3) is 0 Å². The van der Waals surface area contributed by atoms with Crippen LogP contribution in [0.25, 0.3) is 0 Å². The number of ether oxygens (including phenoxy) is 1. The van der Waals surface area contributed by atoms with E-state index < -0.39 is 0 Å². The molecule has 2 aromatic rings. The summed E-state index contributed by atoms with van der Waals surface area (Å²) in [6.07, 6.45) is 5.90. The van der Waals surface area contributed by atoms with Gasteiger partial charge in [0.05, 0.1) is 18.5 Å². The third-order valence-electron chi connectivity index (χ3n) is 3.70. The predicted molar refractivity (Wildman–Crippen MR) is 74.9 cm³/mol. The average molecular weight is 275 g/mol. The zero-order valence-electron chi connectivity index (χ0n) is 12.1. The number of hydrogen-bond donors (Lipinski definition) is 0. The molecule has 3 heterocycles. The summed E-state index contributed by atoms with van der Waals surface area (Å²) in [6, 6.07) is 2.10. The van der Waals surface area contributed by atoms with Gasteiger partial charge in [-0.3, -0.25) is 14.3 Å². The maximum Gasteiger partial charge on any atom is 0.0534 e. The van der Waals surface area contributed by atoms with Crippen LogP contribution in [0.2, 0.25) is 0 Å². The van der Waals surface area contributed by atoms with Crippen LogP contribution in [-0.4, -0.2) is 44.7 Å². The minimum absolute atomic E-state index is 0.470. The quantitative estimate of drug-likeness (QED) is 0.831. The largest absolute Gasteiger partial charge is 0.384 e. The maximum atomic E-state index is 5.35. The first-order valence-electron chi connectivity index (χ1n) is 6.94. The summed E-state index contributed by atoms with van der Waals surface area (Å²) >= 11 is 0. The lowest BCUT2D eigenvalue weighted by molar-refractivity contribution is 0.114. The minimum Gasteiger partial charge on any atom is -0.384 e. The number of aryl methyl sites for hydroxylation is 1. The van der Waals surface area contributed by atoms with Crippen molar-refractivity contribution >= 4 is 0 Å². The molecule has 0 amide bonds. The second-order valence-corrected chi connectivity index (χ2v) is 5.52. The molecule has 1 aliphatic heterocycles. The van der Waals surface area contributed by atoms with Crippen molar-refractivity contribution in [2.24, 2.45) is 13.0 Å². The highest BCUT2D eigenvalue weighted by Gasteiger charge is 2.22. The van der Waals surface area contributed by atoms with E-state index in [0.29, 0.717) is 5.92 Å². The van der Waals surface area contributed by atoms with Crippen molar-refractivity contribution in [1.82, 2.24) is 24.5 Å². The van der Waals surface area contributed by atoms with Gasteiger partial charge < -0.3 is 4.74 Å². The summed E-state index contributed by atoms with van der Waals surface area (Å²) in [4.78, 5) is 2.45. The fraction of sp³-hybridized carbons (Fsp3) is 0.571. The molecule has 0 bridgehead atoms. The van der Waals surface area contributed by atoms with E-state index in [1.54, 1.807) is 7.11 Å². The number of methoxy groups -OCH3 is 1. The lowest BCUT2D eigenvalue weighted by atomic mass is 10.1. The molecule has 0 N–H and O–H groups in total. The van der Waals surface area contributed by atoms with Gasteiger partial charge in [0.2, 0.25) is 0 Å². The monoisotopic (exact) mass is 275 g/mol. The molecule has 0 spiro atoms. The Morgan fingerprint density at radius 1 is 1.35 bits per heavy atom. The molecule has 108 valence electrons. The van der Waals surface area contributed by atoms with E-state index >= 15 is 0 Å².